The second kappa shape index (κ2) is 8.95. The minimum atomic E-state index is -3.79. The molecule has 0 unspecified atom stereocenters. The maximum Gasteiger partial charge on any atom is 0.240 e. The number of benzene rings is 3. The van der Waals surface area contributed by atoms with Crippen molar-refractivity contribution in [1.82, 2.24) is 4.72 Å². The SMILES string of the molecule is CS(=O)(=O)c1ccc(S(=O)(=O)NCc2ccc(OCc3ccc(F)cc3)cc2)cc1. The van der Waals surface area contributed by atoms with E-state index in [1.807, 2.05) is 0 Å². The van der Waals surface area contributed by atoms with E-state index in [1.54, 1.807) is 36.4 Å². The number of hydrogen-bond acceptors (Lipinski definition) is 5. The van der Waals surface area contributed by atoms with Crippen LogP contribution in [-0.4, -0.2) is 23.1 Å². The predicted octanol–water partition coefficient (Wildman–Crippen LogP) is 3.29. The average Bonchev–Trinajstić information content (AvgIpc) is 2.72. The summed E-state index contributed by atoms with van der Waals surface area (Å²) in [6, 6.07) is 17.9. The van der Waals surface area contributed by atoms with E-state index in [0.29, 0.717) is 5.75 Å². The van der Waals surface area contributed by atoms with Gasteiger partial charge in [0, 0.05) is 12.8 Å². The lowest BCUT2D eigenvalue weighted by Gasteiger charge is -2.09. The topological polar surface area (TPSA) is 89.5 Å². The molecule has 0 aromatic heterocycles. The molecular formula is C21H20FNO5S2. The smallest absolute Gasteiger partial charge is 0.240 e. The Morgan fingerprint density at radius 1 is 0.767 bits per heavy atom. The lowest BCUT2D eigenvalue weighted by atomic mass is 10.2. The van der Waals surface area contributed by atoms with Crippen LogP contribution in [0.4, 0.5) is 4.39 Å². The first-order valence-electron chi connectivity index (χ1n) is 8.89. The van der Waals surface area contributed by atoms with Gasteiger partial charge in [-0.2, -0.15) is 0 Å². The standard InChI is InChI=1S/C21H20FNO5S2/c1-29(24,25)20-10-12-21(13-11-20)30(26,27)23-14-16-4-8-19(9-5-16)28-15-17-2-6-18(22)7-3-17/h2-13,23H,14-15H2,1H3. The van der Waals surface area contributed by atoms with Crippen LogP contribution < -0.4 is 9.46 Å². The highest BCUT2D eigenvalue weighted by Gasteiger charge is 2.15. The van der Waals surface area contributed by atoms with Crippen molar-refractivity contribution in [3.05, 3.63) is 89.7 Å². The summed E-state index contributed by atoms with van der Waals surface area (Å²) in [6.45, 7) is 0.351. The summed E-state index contributed by atoms with van der Waals surface area (Å²) in [5.74, 6) is 0.291. The van der Waals surface area contributed by atoms with Gasteiger partial charge >= 0.3 is 0 Å². The summed E-state index contributed by atoms with van der Waals surface area (Å²) in [6.07, 6.45) is 1.06. The van der Waals surface area contributed by atoms with Crippen molar-refractivity contribution in [2.75, 3.05) is 6.26 Å². The lowest BCUT2D eigenvalue weighted by molar-refractivity contribution is 0.306. The lowest BCUT2D eigenvalue weighted by Crippen LogP contribution is -2.23. The molecule has 0 aliphatic rings. The number of sulfonamides is 1. The molecule has 0 aliphatic carbocycles. The molecule has 0 heterocycles. The van der Waals surface area contributed by atoms with Gasteiger partial charge < -0.3 is 4.74 Å². The second-order valence-corrected chi connectivity index (χ2v) is 10.4. The van der Waals surface area contributed by atoms with Crippen LogP contribution in [0.1, 0.15) is 11.1 Å². The van der Waals surface area contributed by atoms with Gasteiger partial charge in [-0.1, -0.05) is 24.3 Å². The Morgan fingerprint density at radius 2 is 1.30 bits per heavy atom. The zero-order valence-corrected chi connectivity index (χ0v) is 17.7. The van der Waals surface area contributed by atoms with Crippen LogP contribution in [0.5, 0.6) is 5.75 Å². The van der Waals surface area contributed by atoms with Crippen LogP contribution in [0.25, 0.3) is 0 Å². The Bertz CT molecular complexity index is 1210. The van der Waals surface area contributed by atoms with Crippen molar-refractivity contribution in [3.63, 3.8) is 0 Å². The molecule has 0 saturated heterocycles. The van der Waals surface area contributed by atoms with E-state index in [9.17, 15) is 21.2 Å². The summed E-state index contributed by atoms with van der Waals surface area (Å²) < 4.78 is 68.8. The monoisotopic (exact) mass is 449 g/mol. The number of sulfone groups is 1. The van der Waals surface area contributed by atoms with Crippen LogP contribution in [0.2, 0.25) is 0 Å². The van der Waals surface area contributed by atoms with Gasteiger partial charge in [0.15, 0.2) is 9.84 Å². The molecule has 3 rings (SSSR count). The third-order valence-corrected chi connectivity index (χ3v) is 6.82. The van der Waals surface area contributed by atoms with Gasteiger partial charge in [-0.25, -0.2) is 25.9 Å². The van der Waals surface area contributed by atoms with Gasteiger partial charge in [0.25, 0.3) is 0 Å². The molecule has 158 valence electrons. The van der Waals surface area contributed by atoms with Crippen molar-refractivity contribution in [2.45, 2.75) is 22.9 Å². The molecule has 3 aromatic rings. The summed E-state index contributed by atoms with van der Waals surface area (Å²) in [7, 11) is -7.18. The third-order valence-electron chi connectivity index (χ3n) is 4.27. The van der Waals surface area contributed by atoms with E-state index in [0.717, 1.165) is 17.4 Å². The van der Waals surface area contributed by atoms with E-state index in [1.165, 1.54) is 36.4 Å². The van der Waals surface area contributed by atoms with Gasteiger partial charge in [0.1, 0.15) is 18.2 Å². The van der Waals surface area contributed by atoms with Crippen LogP contribution in [0.3, 0.4) is 0 Å². The van der Waals surface area contributed by atoms with Crippen LogP contribution in [-0.2, 0) is 33.0 Å². The molecule has 9 heteroatoms. The summed E-state index contributed by atoms with van der Waals surface area (Å²) >= 11 is 0. The van der Waals surface area contributed by atoms with Gasteiger partial charge in [-0.15, -0.1) is 0 Å². The maximum absolute atomic E-state index is 12.9. The van der Waals surface area contributed by atoms with Gasteiger partial charge in [-0.3, -0.25) is 0 Å². The molecule has 0 amide bonds. The van der Waals surface area contributed by atoms with Crippen molar-refractivity contribution in [3.8, 4) is 5.75 Å². The Morgan fingerprint density at radius 3 is 1.87 bits per heavy atom. The van der Waals surface area contributed by atoms with Gasteiger partial charge in [-0.05, 0) is 59.7 Å². The number of nitrogens with one attached hydrogen (secondary N) is 1. The minimum absolute atomic E-state index is 0.0193. The largest absolute Gasteiger partial charge is 0.489 e. The number of rotatable bonds is 8. The van der Waals surface area contributed by atoms with E-state index >= 15 is 0 Å². The van der Waals surface area contributed by atoms with E-state index in [-0.39, 0.29) is 28.8 Å². The van der Waals surface area contributed by atoms with E-state index < -0.39 is 19.9 Å². The fourth-order valence-electron chi connectivity index (χ4n) is 2.58. The Labute approximate surface area is 175 Å². The summed E-state index contributed by atoms with van der Waals surface area (Å²) in [5, 5.41) is 0. The molecule has 0 aliphatic heterocycles. The molecule has 6 nitrogen and oxygen atoms in total. The van der Waals surface area contributed by atoms with Crippen molar-refractivity contribution < 1.29 is 26.0 Å². The van der Waals surface area contributed by atoms with Crippen molar-refractivity contribution in [1.29, 1.82) is 0 Å². The van der Waals surface area contributed by atoms with Crippen LogP contribution in [0.15, 0.2) is 82.6 Å². The van der Waals surface area contributed by atoms with E-state index in [4.69, 9.17) is 4.74 Å². The Balaban J connectivity index is 1.58. The highest BCUT2D eigenvalue weighted by Crippen LogP contribution is 2.17. The number of hydrogen-bond donors (Lipinski definition) is 1. The summed E-state index contributed by atoms with van der Waals surface area (Å²) in [5.41, 5.74) is 1.55. The second-order valence-electron chi connectivity index (χ2n) is 6.63. The first kappa shape index (κ1) is 21.9. The Kier molecular flexibility index (Phi) is 6.55. The normalized spacial score (nSPS) is 11.9. The fraction of sp³-hybridized carbons (Fsp3) is 0.143. The molecule has 0 radical (unpaired) electrons. The molecule has 0 spiro atoms. The van der Waals surface area contributed by atoms with Gasteiger partial charge in [0.05, 0.1) is 9.79 Å². The first-order valence-corrected chi connectivity index (χ1v) is 12.3. The molecule has 3 aromatic carbocycles. The molecule has 0 bridgehead atoms. The molecule has 0 atom stereocenters. The molecule has 1 N–H and O–H groups in total. The first-order chi connectivity index (χ1) is 14.1. The summed E-state index contributed by atoms with van der Waals surface area (Å²) in [4.78, 5) is 0.0341. The quantitative estimate of drug-likeness (QED) is 0.570. The van der Waals surface area contributed by atoms with Crippen LogP contribution >= 0.6 is 0 Å². The number of ether oxygens (including phenoxy) is 1. The van der Waals surface area contributed by atoms with Crippen LogP contribution in [0, 0.1) is 5.82 Å². The predicted molar refractivity (Wildman–Crippen MR) is 111 cm³/mol. The van der Waals surface area contributed by atoms with Crippen molar-refractivity contribution >= 4 is 19.9 Å². The van der Waals surface area contributed by atoms with E-state index in [2.05, 4.69) is 4.72 Å². The highest BCUT2D eigenvalue weighted by molar-refractivity contribution is 7.90. The van der Waals surface area contributed by atoms with Gasteiger partial charge in [0.2, 0.25) is 10.0 Å². The number of halogens is 1. The molecule has 0 saturated carbocycles. The highest BCUT2D eigenvalue weighted by atomic mass is 32.2. The molecular weight excluding hydrogens is 429 g/mol. The fourth-order valence-corrected chi connectivity index (χ4v) is 4.23. The molecule has 0 fully saturated rings. The molecule has 30 heavy (non-hydrogen) atoms. The Hall–Kier alpha value is -2.75. The minimum Gasteiger partial charge on any atom is -0.489 e. The zero-order valence-electron chi connectivity index (χ0n) is 16.1. The third kappa shape index (κ3) is 5.88. The van der Waals surface area contributed by atoms with Crippen molar-refractivity contribution in [2.24, 2.45) is 0 Å². The zero-order chi connectivity index (χ0) is 21.8. The average molecular weight is 450 g/mol. The maximum atomic E-state index is 12.9.